The van der Waals surface area contributed by atoms with E-state index in [0.29, 0.717) is 22.9 Å². The van der Waals surface area contributed by atoms with Crippen molar-refractivity contribution in [1.82, 2.24) is 10.3 Å². The van der Waals surface area contributed by atoms with Crippen LogP contribution in [-0.2, 0) is 6.42 Å². The van der Waals surface area contributed by atoms with Gasteiger partial charge in [0.05, 0.1) is 5.01 Å². The minimum absolute atomic E-state index is 0.0549. The first kappa shape index (κ1) is 15.0. The van der Waals surface area contributed by atoms with E-state index in [2.05, 4.69) is 10.3 Å². The first-order chi connectivity index (χ1) is 9.61. The first-order valence-electron chi connectivity index (χ1n) is 5.69. The molecule has 0 bridgehead atoms. The van der Waals surface area contributed by atoms with Crippen LogP contribution in [0.15, 0.2) is 21.7 Å². The van der Waals surface area contributed by atoms with Gasteiger partial charge in [0, 0.05) is 23.2 Å². The standard InChI is InChI=1S/C12H12N2O3S3/c1-18-8-3-5-19-10(8)11(15)13-4-2-9-14-7(6-20-9)12(16)17/h3,5-6H,2,4H2,1H3,(H,13,15)(H,16,17). The van der Waals surface area contributed by atoms with Crippen molar-refractivity contribution in [2.75, 3.05) is 12.8 Å². The topological polar surface area (TPSA) is 79.3 Å². The number of carboxylic acids is 1. The summed E-state index contributed by atoms with van der Waals surface area (Å²) >= 11 is 4.24. The van der Waals surface area contributed by atoms with Gasteiger partial charge >= 0.3 is 5.97 Å². The van der Waals surface area contributed by atoms with Crippen molar-refractivity contribution in [3.05, 3.63) is 32.4 Å². The van der Waals surface area contributed by atoms with Crippen LogP contribution >= 0.6 is 34.4 Å². The highest BCUT2D eigenvalue weighted by molar-refractivity contribution is 7.98. The van der Waals surface area contributed by atoms with Gasteiger partial charge in [-0.2, -0.15) is 0 Å². The Kier molecular flexibility index (Phi) is 5.16. The molecule has 5 nitrogen and oxygen atoms in total. The van der Waals surface area contributed by atoms with Gasteiger partial charge in [-0.1, -0.05) is 0 Å². The van der Waals surface area contributed by atoms with E-state index in [1.54, 1.807) is 11.8 Å². The molecule has 0 saturated carbocycles. The fourth-order valence-corrected chi connectivity index (χ4v) is 3.95. The van der Waals surface area contributed by atoms with Crippen molar-refractivity contribution in [3.8, 4) is 0 Å². The Labute approximate surface area is 128 Å². The van der Waals surface area contributed by atoms with Gasteiger partial charge in [-0.05, 0) is 17.7 Å². The van der Waals surface area contributed by atoms with Gasteiger partial charge in [-0.3, -0.25) is 4.79 Å². The van der Waals surface area contributed by atoms with Crippen molar-refractivity contribution in [1.29, 1.82) is 0 Å². The summed E-state index contributed by atoms with van der Waals surface area (Å²) in [5, 5.41) is 15.7. The maximum absolute atomic E-state index is 12.0. The summed E-state index contributed by atoms with van der Waals surface area (Å²) in [7, 11) is 0. The van der Waals surface area contributed by atoms with Crippen molar-refractivity contribution in [2.45, 2.75) is 11.3 Å². The van der Waals surface area contributed by atoms with Gasteiger partial charge in [-0.25, -0.2) is 9.78 Å². The van der Waals surface area contributed by atoms with Crippen LogP contribution < -0.4 is 5.32 Å². The molecule has 2 aromatic rings. The van der Waals surface area contributed by atoms with E-state index >= 15 is 0 Å². The highest BCUT2D eigenvalue weighted by Crippen LogP contribution is 2.25. The fraction of sp³-hybridized carbons (Fsp3) is 0.250. The second-order valence-electron chi connectivity index (χ2n) is 3.76. The minimum Gasteiger partial charge on any atom is -0.476 e. The van der Waals surface area contributed by atoms with E-state index in [9.17, 15) is 9.59 Å². The Morgan fingerprint density at radius 2 is 2.25 bits per heavy atom. The third-order valence-electron chi connectivity index (χ3n) is 2.45. The lowest BCUT2D eigenvalue weighted by Gasteiger charge is -2.03. The maximum Gasteiger partial charge on any atom is 0.355 e. The third kappa shape index (κ3) is 3.59. The number of nitrogens with one attached hydrogen (secondary N) is 1. The van der Waals surface area contributed by atoms with E-state index in [-0.39, 0.29) is 11.6 Å². The summed E-state index contributed by atoms with van der Waals surface area (Å²) < 4.78 is 0. The molecule has 0 atom stereocenters. The molecule has 2 heterocycles. The summed E-state index contributed by atoms with van der Waals surface area (Å²) in [5.41, 5.74) is 0.0549. The Bertz CT molecular complexity index is 621. The van der Waals surface area contributed by atoms with Crippen molar-refractivity contribution in [2.24, 2.45) is 0 Å². The SMILES string of the molecule is CSc1ccsc1C(=O)NCCc1nc(C(=O)O)cs1. The molecule has 2 rings (SSSR count). The molecule has 20 heavy (non-hydrogen) atoms. The molecule has 0 radical (unpaired) electrons. The summed E-state index contributed by atoms with van der Waals surface area (Å²) in [5.74, 6) is -1.13. The minimum atomic E-state index is -1.03. The molecule has 0 fully saturated rings. The molecule has 0 aliphatic carbocycles. The Balaban J connectivity index is 1.86. The average molecular weight is 328 g/mol. The van der Waals surface area contributed by atoms with Crippen molar-refractivity contribution in [3.63, 3.8) is 0 Å². The van der Waals surface area contributed by atoms with Crippen LogP contribution in [0, 0.1) is 0 Å². The van der Waals surface area contributed by atoms with E-state index < -0.39 is 5.97 Å². The molecule has 1 amide bonds. The van der Waals surface area contributed by atoms with Crippen LogP contribution in [-0.4, -0.2) is 34.8 Å². The maximum atomic E-state index is 12.0. The second kappa shape index (κ2) is 6.87. The molecule has 0 aliphatic heterocycles. The highest BCUT2D eigenvalue weighted by Gasteiger charge is 2.13. The molecule has 2 N–H and O–H groups in total. The van der Waals surface area contributed by atoms with Crippen LogP contribution in [0.5, 0.6) is 0 Å². The number of aromatic nitrogens is 1. The van der Waals surface area contributed by atoms with E-state index in [1.165, 1.54) is 28.1 Å². The number of thiazole rings is 1. The molecular formula is C12H12N2O3S3. The number of aromatic carboxylic acids is 1. The summed E-state index contributed by atoms with van der Waals surface area (Å²) in [6, 6.07) is 1.92. The van der Waals surface area contributed by atoms with Gasteiger partial charge in [-0.15, -0.1) is 34.4 Å². The predicted molar refractivity (Wildman–Crippen MR) is 81.2 cm³/mol. The predicted octanol–water partition coefficient (Wildman–Crippen LogP) is 2.60. The van der Waals surface area contributed by atoms with E-state index in [1.807, 2.05) is 17.7 Å². The average Bonchev–Trinajstić information content (AvgIpc) is 3.07. The van der Waals surface area contributed by atoms with Crippen LogP contribution in [0.4, 0.5) is 0 Å². The Morgan fingerprint density at radius 3 is 2.90 bits per heavy atom. The molecule has 0 aromatic carbocycles. The van der Waals surface area contributed by atoms with Crippen LogP contribution in [0.2, 0.25) is 0 Å². The monoisotopic (exact) mass is 328 g/mol. The van der Waals surface area contributed by atoms with Gasteiger partial charge < -0.3 is 10.4 Å². The Hall–Kier alpha value is -1.38. The zero-order valence-electron chi connectivity index (χ0n) is 10.6. The smallest absolute Gasteiger partial charge is 0.355 e. The normalized spacial score (nSPS) is 10.4. The third-order valence-corrected chi connectivity index (χ3v) is 5.18. The number of carboxylic acid groups (broad SMARTS) is 1. The molecule has 0 spiro atoms. The van der Waals surface area contributed by atoms with Gasteiger partial charge in [0.15, 0.2) is 5.69 Å². The summed E-state index contributed by atoms with van der Waals surface area (Å²) in [6.07, 6.45) is 2.46. The van der Waals surface area contributed by atoms with Crippen LogP contribution in [0.25, 0.3) is 0 Å². The van der Waals surface area contributed by atoms with Crippen molar-refractivity contribution >= 4 is 46.3 Å². The molecule has 0 unspecified atom stereocenters. The van der Waals surface area contributed by atoms with Crippen molar-refractivity contribution < 1.29 is 14.7 Å². The number of carbonyl (C=O) groups excluding carboxylic acids is 1. The lowest BCUT2D eigenvalue weighted by molar-refractivity contribution is 0.0690. The lowest BCUT2D eigenvalue weighted by Crippen LogP contribution is -2.25. The largest absolute Gasteiger partial charge is 0.476 e. The molecule has 0 saturated heterocycles. The number of hydrogen-bond donors (Lipinski definition) is 2. The summed E-state index contributed by atoms with van der Waals surface area (Å²) in [4.78, 5) is 28.3. The van der Waals surface area contributed by atoms with Gasteiger partial charge in [0.1, 0.15) is 4.88 Å². The van der Waals surface area contributed by atoms with Gasteiger partial charge in [0.2, 0.25) is 0 Å². The molecule has 106 valence electrons. The second-order valence-corrected chi connectivity index (χ2v) is 6.46. The molecule has 2 aromatic heterocycles. The lowest BCUT2D eigenvalue weighted by atomic mass is 10.4. The number of nitrogens with zero attached hydrogens (tertiary/aromatic N) is 1. The molecule has 8 heteroatoms. The zero-order valence-corrected chi connectivity index (χ0v) is 13.0. The number of amides is 1. The molecule has 0 aliphatic rings. The van der Waals surface area contributed by atoms with Crippen LogP contribution in [0.1, 0.15) is 25.2 Å². The summed E-state index contributed by atoms with van der Waals surface area (Å²) in [6.45, 7) is 0.442. The number of carbonyl (C=O) groups is 2. The fourth-order valence-electron chi connectivity index (χ4n) is 1.51. The number of rotatable bonds is 6. The quantitative estimate of drug-likeness (QED) is 0.797. The van der Waals surface area contributed by atoms with E-state index in [0.717, 1.165) is 4.90 Å². The highest BCUT2D eigenvalue weighted by atomic mass is 32.2. The van der Waals surface area contributed by atoms with Crippen LogP contribution in [0.3, 0.4) is 0 Å². The molecular weight excluding hydrogens is 316 g/mol. The zero-order chi connectivity index (χ0) is 14.5. The van der Waals surface area contributed by atoms with E-state index in [4.69, 9.17) is 5.11 Å². The first-order valence-corrected chi connectivity index (χ1v) is 8.67. The van der Waals surface area contributed by atoms with Gasteiger partial charge in [0.25, 0.3) is 5.91 Å². The number of thiophene rings is 1. The number of thioether (sulfide) groups is 1. The Morgan fingerprint density at radius 1 is 1.45 bits per heavy atom. The number of hydrogen-bond acceptors (Lipinski definition) is 6.